The fraction of sp³-hybridized carbons (Fsp3) is 0.150. The molecule has 3 heterocycles. The van der Waals surface area contributed by atoms with Crippen molar-refractivity contribution in [3.8, 4) is 0 Å². The van der Waals surface area contributed by atoms with Gasteiger partial charge in [-0.2, -0.15) is 0 Å². The first-order chi connectivity index (χ1) is 13.2. The molecule has 0 saturated heterocycles. The Morgan fingerprint density at radius 3 is 2.85 bits per heavy atom. The number of carbonyl (C=O) groups excluding carboxylic acids is 2. The van der Waals surface area contributed by atoms with Crippen molar-refractivity contribution in [2.24, 2.45) is 0 Å². The van der Waals surface area contributed by atoms with Crippen molar-refractivity contribution in [1.29, 1.82) is 0 Å². The van der Waals surface area contributed by atoms with E-state index in [4.69, 9.17) is 0 Å². The third-order valence-electron chi connectivity index (χ3n) is 4.21. The Morgan fingerprint density at radius 2 is 2.00 bits per heavy atom. The fourth-order valence-corrected chi connectivity index (χ4v) is 4.54. The molecule has 0 aliphatic carbocycles. The maximum atomic E-state index is 13.1. The SMILES string of the molecule is O=C(CCN1C(=O)c2cccnc2Sc2ccccc21)NCc1cccs1. The molecule has 0 bridgehead atoms. The predicted molar refractivity (Wildman–Crippen MR) is 107 cm³/mol. The van der Waals surface area contributed by atoms with Crippen LogP contribution in [0.5, 0.6) is 0 Å². The molecule has 27 heavy (non-hydrogen) atoms. The minimum atomic E-state index is -0.124. The summed E-state index contributed by atoms with van der Waals surface area (Å²) in [5.41, 5.74) is 1.38. The van der Waals surface area contributed by atoms with E-state index in [1.165, 1.54) is 11.8 Å². The van der Waals surface area contributed by atoms with E-state index >= 15 is 0 Å². The highest BCUT2D eigenvalue weighted by molar-refractivity contribution is 7.99. The van der Waals surface area contributed by atoms with E-state index < -0.39 is 0 Å². The number of benzene rings is 1. The number of nitrogens with zero attached hydrogens (tertiary/aromatic N) is 2. The van der Waals surface area contributed by atoms with Gasteiger partial charge < -0.3 is 10.2 Å². The van der Waals surface area contributed by atoms with Gasteiger partial charge in [-0.25, -0.2) is 4.98 Å². The van der Waals surface area contributed by atoms with Gasteiger partial charge in [-0.05, 0) is 35.7 Å². The molecule has 0 radical (unpaired) electrons. The quantitative estimate of drug-likeness (QED) is 0.710. The summed E-state index contributed by atoms with van der Waals surface area (Å²) in [5, 5.41) is 5.59. The molecule has 7 heteroatoms. The molecule has 1 N–H and O–H groups in total. The first-order valence-corrected chi connectivity index (χ1v) is 10.2. The standard InChI is InChI=1S/C20H17N3O2S2/c24-18(22-13-14-5-4-12-26-14)9-11-23-16-7-1-2-8-17(16)27-19-15(20(23)25)6-3-10-21-19/h1-8,10,12H,9,11,13H2,(H,22,24). The summed E-state index contributed by atoms with van der Waals surface area (Å²) in [6.07, 6.45) is 1.93. The highest BCUT2D eigenvalue weighted by Crippen LogP contribution is 2.40. The number of nitrogens with one attached hydrogen (secondary N) is 1. The second-order valence-corrected chi connectivity index (χ2v) is 8.05. The van der Waals surface area contributed by atoms with E-state index in [2.05, 4.69) is 10.3 Å². The number of hydrogen-bond acceptors (Lipinski definition) is 5. The second kappa shape index (κ2) is 7.94. The van der Waals surface area contributed by atoms with Gasteiger partial charge in [0.25, 0.3) is 5.91 Å². The summed E-state index contributed by atoms with van der Waals surface area (Å²) in [7, 11) is 0. The van der Waals surface area contributed by atoms with Gasteiger partial charge in [-0.15, -0.1) is 11.3 Å². The van der Waals surface area contributed by atoms with Crippen LogP contribution in [0.15, 0.2) is 70.0 Å². The van der Waals surface area contributed by atoms with Crippen molar-refractivity contribution < 1.29 is 9.59 Å². The Morgan fingerprint density at radius 1 is 1.11 bits per heavy atom. The van der Waals surface area contributed by atoms with Gasteiger partial charge in [-0.1, -0.05) is 30.0 Å². The van der Waals surface area contributed by atoms with Crippen molar-refractivity contribution in [2.75, 3.05) is 11.4 Å². The molecule has 5 nitrogen and oxygen atoms in total. The number of anilines is 1. The smallest absolute Gasteiger partial charge is 0.261 e. The van der Waals surface area contributed by atoms with Crippen molar-refractivity contribution in [3.63, 3.8) is 0 Å². The van der Waals surface area contributed by atoms with Gasteiger partial charge >= 0.3 is 0 Å². The number of amides is 2. The second-order valence-electron chi connectivity index (χ2n) is 5.99. The Labute approximate surface area is 165 Å². The fourth-order valence-electron chi connectivity index (χ4n) is 2.88. The van der Waals surface area contributed by atoms with Gasteiger partial charge in [-0.3, -0.25) is 9.59 Å². The third-order valence-corrected chi connectivity index (χ3v) is 6.17. The van der Waals surface area contributed by atoms with Crippen LogP contribution >= 0.6 is 23.1 Å². The van der Waals surface area contributed by atoms with Crippen LogP contribution in [0.1, 0.15) is 21.7 Å². The van der Waals surface area contributed by atoms with Gasteiger partial charge in [0.2, 0.25) is 5.91 Å². The van der Waals surface area contributed by atoms with Crippen LogP contribution in [0.25, 0.3) is 0 Å². The average molecular weight is 396 g/mol. The lowest BCUT2D eigenvalue weighted by Gasteiger charge is -2.22. The highest BCUT2D eigenvalue weighted by atomic mass is 32.2. The first kappa shape index (κ1) is 17.8. The average Bonchev–Trinajstić information content (AvgIpc) is 3.17. The van der Waals surface area contributed by atoms with E-state index in [1.807, 2.05) is 41.8 Å². The third kappa shape index (κ3) is 3.89. The van der Waals surface area contributed by atoms with E-state index in [1.54, 1.807) is 34.6 Å². The minimum Gasteiger partial charge on any atom is -0.351 e. The van der Waals surface area contributed by atoms with Gasteiger partial charge in [0.05, 0.1) is 17.8 Å². The molecule has 1 aliphatic heterocycles. The Kier molecular flexibility index (Phi) is 5.22. The number of thiophene rings is 1. The lowest BCUT2D eigenvalue weighted by molar-refractivity contribution is -0.121. The molecule has 136 valence electrons. The predicted octanol–water partition coefficient (Wildman–Crippen LogP) is 3.96. The first-order valence-electron chi connectivity index (χ1n) is 8.55. The molecule has 1 aromatic carbocycles. The number of pyridine rings is 1. The number of para-hydroxylation sites is 1. The van der Waals surface area contributed by atoms with Crippen molar-refractivity contribution in [1.82, 2.24) is 10.3 Å². The summed E-state index contributed by atoms with van der Waals surface area (Å²) in [4.78, 5) is 33.5. The summed E-state index contributed by atoms with van der Waals surface area (Å²) in [6, 6.07) is 15.2. The van der Waals surface area contributed by atoms with Crippen LogP contribution < -0.4 is 10.2 Å². The number of rotatable bonds is 5. The molecule has 0 unspecified atom stereocenters. The molecule has 2 aromatic heterocycles. The van der Waals surface area contributed by atoms with E-state index in [9.17, 15) is 9.59 Å². The lowest BCUT2D eigenvalue weighted by Crippen LogP contribution is -2.35. The highest BCUT2D eigenvalue weighted by Gasteiger charge is 2.27. The number of hydrogen-bond donors (Lipinski definition) is 1. The monoisotopic (exact) mass is 395 g/mol. The number of aromatic nitrogens is 1. The summed E-state index contributed by atoms with van der Waals surface area (Å²) in [5.74, 6) is -0.196. The zero-order valence-corrected chi connectivity index (χ0v) is 16.1. The zero-order valence-electron chi connectivity index (χ0n) is 14.4. The van der Waals surface area contributed by atoms with Crippen LogP contribution in [-0.2, 0) is 11.3 Å². The van der Waals surface area contributed by atoms with E-state index in [-0.39, 0.29) is 18.2 Å². The molecule has 4 rings (SSSR count). The van der Waals surface area contributed by atoms with Crippen molar-refractivity contribution in [2.45, 2.75) is 22.9 Å². The van der Waals surface area contributed by atoms with Crippen molar-refractivity contribution in [3.05, 3.63) is 70.5 Å². The molecule has 0 saturated carbocycles. The largest absolute Gasteiger partial charge is 0.351 e. The van der Waals surface area contributed by atoms with Crippen LogP contribution in [0.2, 0.25) is 0 Å². The van der Waals surface area contributed by atoms with Gasteiger partial charge in [0.1, 0.15) is 5.03 Å². The molecule has 3 aromatic rings. The van der Waals surface area contributed by atoms with E-state index in [0.29, 0.717) is 23.7 Å². The summed E-state index contributed by atoms with van der Waals surface area (Å²) >= 11 is 3.09. The Bertz CT molecular complexity index is 973. The molecule has 2 amide bonds. The van der Waals surface area contributed by atoms with Crippen LogP contribution in [-0.4, -0.2) is 23.3 Å². The minimum absolute atomic E-state index is 0.0722. The molecular formula is C20H17N3O2S2. The molecule has 0 spiro atoms. The topological polar surface area (TPSA) is 62.3 Å². The van der Waals surface area contributed by atoms with Crippen LogP contribution in [0.3, 0.4) is 0 Å². The Balaban J connectivity index is 1.52. The maximum absolute atomic E-state index is 13.1. The normalized spacial score (nSPS) is 12.9. The number of carbonyl (C=O) groups is 2. The lowest BCUT2D eigenvalue weighted by atomic mass is 10.2. The Hall–Kier alpha value is -2.64. The summed E-state index contributed by atoms with van der Waals surface area (Å²) in [6.45, 7) is 0.838. The van der Waals surface area contributed by atoms with Gasteiger partial charge in [0, 0.05) is 28.9 Å². The molecule has 0 atom stereocenters. The van der Waals surface area contributed by atoms with Gasteiger partial charge in [0.15, 0.2) is 0 Å². The maximum Gasteiger partial charge on any atom is 0.261 e. The number of fused-ring (bicyclic) bond motifs is 2. The van der Waals surface area contributed by atoms with Crippen LogP contribution in [0.4, 0.5) is 5.69 Å². The molecule has 0 fully saturated rings. The summed E-state index contributed by atoms with van der Waals surface area (Å²) < 4.78 is 0. The molecule has 1 aliphatic rings. The van der Waals surface area contributed by atoms with E-state index in [0.717, 1.165) is 15.5 Å². The van der Waals surface area contributed by atoms with Crippen LogP contribution in [0, 0.1) is 0 Å². The van der Waals surface area contributed by atoms with Crippen molar-refractivity contribution >= 4 is 40.6 Å². The molecular weight excluding hydrogens is 378 g/mol. The zero-order chi connectivity index (χ0) is 18.6.